The van der Waals surface area contributed by atoms with E-state index in [4.69, 9.17) is 14.8 Å². The summed E-state index contributed by atoms with van der Waals surface area (Å²) in [4.78, 5) is 11.5. The van der Waals surface area contributed by atoms with E-state index in [-0.39, 0.29) is 0 Å². The fourth-order valence-electron chi connectivity index (χ4n) is 4.15. The quantitative estimate of drug-likeness (QED) is 0.508. The van der Waals surface area contributed by atoms with Crippen molar-refractivity contribution in [2.75, 3.05) is 25.1 Å². The van der Waals surface area contributed by atoms with Gasteiger partial charge >= 0.3 is 0 Å². The zero-order valence-corrected chi connectivity index (χ0v) is 17.5. The summed E-state index contributed by atoms with van der Waals surface area (Å²) in [6.07, 6.45) is 8.23. The van der Waals surface area contributed by atoms with Crippen LogP contribution < -0.4 is 9.64 Å². The van der Waals surface area contributed by atoms with Gasteiger partial charge in [0.05, 0.1) is 24.8 Å². The molecule has 5 rings (SSSR count). The fraction of sp³-hybridized carbons (Fsp3) is 0.348. The minimum Gasteiger partial charge on any atom is -0.495 e. The Morgan fingerprint density at radius 2 is 1.93 bits per heavy atom. The molecule has 154 valence electrons. The number of nitrogens with zero attached hydrogens (tertiary/aromatic N) is 6. The van der Waals surface area contributed by atoms with Gasteiger partial charge in [-0.05, 0) is 56.0 Å². The van der Waals surface area contributed by atoms with E-state index < -0.39 is 0 Å². The second-order valence-corrected chi connectivity index (χ2v) is 7.84. The summed E-state index contributed by atoms with van der Waals surface area (Å²) >= 11 is 0. The van der Waals surface area contributed by atoms with Gasteiger partial charge in [0.25, 0.3) is 0 Å². The van der Waals surface area contributed by atoms with Crippen molar-refractivity contribution in [1.29, 1.82) is 0 Å². The molecule has 0 aliphatic carbocycles. The van der Waals surface area contributed by atoms with Crippen molar-refractivity contribution in [3.8, 4) is 11.4 Å². The van der Waals surface area contributed by atoms with Gasteiger partial charge in [-0.3, -0.25) is 0 Å². The van der Waals surface area contributed by atoms with Crippen LogP contribution in [0.4, 0.5) is 5.82 Å². The number of methoxy groups -OCH3 is 1. The molecule has 0 amide bonds. The molecule has 0 N–H and O–H groups in total. The Morgan fingerprint density at radius 1 is 1.07 bits per heavy atom. The predicted molar refractivity (Wildman–Crippen MR) is 117 cm³/mol. The molecule has 1 fully saturated rings. The van der Waals surface area contributed by atoms with Gasteiger partial charge in [-0.25, -0.2) is 9.97 Å². The number of piperidine rings is 1. The maximum Gasteiger partial charge on any atom is 0.158 e. The van der Waals surface area contributed by atoms with Crippen LogP contribution in [0.1, 0.15) is 36.3 Å². The van der Waals surface area contributed by atoms with E-state index in [0.717, 1.165) is 53.1 Å². The highest BCUT2D eigenvalue weighted by Crippen LogP contribution is 2.26. The van der Waals surface area contributed by atoms with Crippen molar-refractivity contribution < 1.29 is 4.74 Å². The molecule has 30 heavy (non-hydrogen) atoms. The van der Waals surface area contributed by atoms with E-state index in [1.165, 1.54) is 19.3 Å². The summed E-state index contributed by atoms with van der Waals surface area (Å²) in [5.74, 6) is 2.75. The Bertz CT molecular complexity index is 1170. The molecule has 0 saturated carbocycles. The van der Waals surface area contributed by atoms with E-state index in [9.17, 15) is 0 Å². The molecule has 3 aromatic heterocycles. The number of hydrogen-bond acceptors (Lipinski definition) is 5. The molecule has 1 saturated heterocycles. The molecule has 0 radical (unpaired) electrons. The van der Waals surface area contributed by atoms with Crippen molar-refractivity contribution in [3.63, 3.8) is 0 Å². The fourth-order valence-corrected chi connectivity index (χ4v) is 4.15. The highest BCUT2D eigenvalue weighted by molar-refractivity contribution is 5.52. The topological polar surface area (TPSA) is 60.5 Å². The highest BCUT2D eigenvalue weighted by atomic mass is 16.5. The van der Waals surface area contributed by atoms with Crippen LogP contribution in [0.25, 0.3) is 11.3 Å². The van der Waals surface area contributed by atoms with E-state index in [1.54, 1.807) is 13.4 Å². The second kappa shape index (κ2) is 7.82. The van der Waals surface area contributed by atoms with Crippen molar-refractivity contribution in [3.05, 3.63) is 66.0 Å². The molecule has 7 nitrogen and oxygen atoms in total. The minimum atomic E-state index is 0.653. The maximum atomic E-state index is 5.64. The average Bonchev–Trinajstić information content (AvgIpc) is 3.39. The number of imidazole rings is 1. The van der Waals surface area contributed by atoms with Gasteiger partial charge in [0.1, 0.15) is 11.6 Å². The number of pyridine rings is 1. The number of hydrogen-bond donors (Lipinski definition) is 0. The van der Waals surface area contributed by atoms with Crippen molar-refractivity contribution in [1.82, 2.24) is 24.1 Å². The lowest BCUT2D eigenvalue weighted by Gasteiger charge is -2.28. The predicted octanol–water partition coefficient (Wildman–Crippen LogP) is 3.81. The van der Waals surface area contributed by atoms with Gasteiger partial charge < -0.3 is 14.2 Å². The van der Waals surface area contributed by atoms with Crippen LogP contribution in [-0.2, 0) is 6.42 Å². The lowest BCUT2D eigenvalue weighted by atomic mass is 10.1. The summed E-state index contributed by atoms with van der Waals surface area (Å²) in [6.45, 7) is 4.14. The molecule has 0 unspecified atom stereocenters. The van der Waals surface area contributed by atoms with Crippen molar-refractivity contribution in [2.45, 2.75) is 32.6 Å². The minimum absolute atomic E-state index is 0.653. The SMILES string of the molecule is COc1cc(Cc2nc3cccc(N4CCCCC4)n3n2)ccc1-n1cnc(C)c1. The number of rotatable bonds is 5. The molecular formula is C23H26N6O. The normalized spacial score (nSPS) is 14.4. The molecule has 0 spiro atoms. The molecule has 4 heterocycles. The number of aromatic nitrogens is 5. The third-order valence-electron chi connectivity index (χ3n) is 5.66. The van der Waals surface area contributed by atoms with Crippen LogP contribution in [0, 0.1) is 6.92 Å². The van der Waals surface area contributed by atoms with Crippen LogP contribution in [0.15, 0.2) is 48.9 Å². The van der Waals surface area contributed by atoms with Gasteiger partial charge in [0, 0.05) is 25.7 Å². The third-order valence-corrected chi connectivity index (χ3v) is 5.66. The summed E-state index contributed by atoms with van der Waals surface area (Å²) < 4.78 is 9.61. The Kier molecular flexibility index (Phi) is 4.86. The lowest BCUT2D eigenvalue weighted by molar-refractivity contribution is 0.412. The third kappa shape index (κ3) is 3.51. The van der Waals surface area contributed by atoms with E-state index in [2.05, 4.69) is 40.2 Å². The summed E-state index contributed by atoms with van der Waals surface area (Å²) in [5, 5.41) is 4.83. The molecular weight excluding hydrogens is 376 g/mol. The Hall–Kier alpha value is -3.35. The molecule has 4 aromatic rings. The number of aryl methyl sites for hydroxylation is 1. The largest absolute Gasteiger partial charge is 0.495 e. The van der Waals surface area contributed by atoms with E-state index in [0.29, 0.717) is 6.42 Å². The zero-order valence-electron chi connectivity index (χ0n) is 17.5. The molecule has 1 aliphatic rings. The Morgan fingerprint density at radius 3 is 2.70 bits per heavy atom. The van der Waals surface area contributed by atoms with Crippen LogP contribution in [-0.4, -0.2) is 44.3 Å². The number of ether oxygens (including phenoxy) is 1. The smallest absolute Gasteiger partial charge is 0.158 e. The van der Waals surface area contributed by atoms with Crippen LogP contribution in [0.5, 0.6) is 5.75 Å². The molecule has 0 atom stereocenters. The molecule has 0 bridgehead atoms. The average molecular weight is 403 g/mol. The first-order valence-electron chi connectivity index (χ1n) is 10.5. The van der Waals surface area contributed by atoms with Gasteiger partial charge in [-0.2, -0.15) is 4.52 Å². The summed E-state index contributed by atoms with van der Waals surface area (Å²) in [6, 6.07) is 12.5. The van der Waals surface area contributed by atoms with Gasteiger partial charge in [-0.15, -0.1) is 5.10 Å². The van der Waals surface area contributed by atoms with Gasteiger partial charge in [0.15, 0.2) is 11.5 Å². The second-order valence-electron chi connectivity index (χ2n) is 7.84. The first-order valence-corrected chi connectivity index (χ1v) is 10.5. The first-order chi connectivity index (χ1) is 14.7. The summed E-state index contributed by atoms with van der Waals surface area (Å²) in [5.41, 5.74) is 3.95. The monoisotopic (exact) mass is 402 g/mol. The standard InChI is InChI=1S/C23H26N6O/c1-17-15-28(16-24-17)19-10-9-18(13-20(19)30-2)14-21-25-22-7-6-8-23(29(22)26-21)27-11-4-3-5-12-27/h6-10,13,15-16H,3-5,11-12,14H2,1-2H3. The van der Waals surface area contributed by atoms with Crippen molar-refractivity contribution in [2.24, 2.45) is 0 Å². The highest BCUT2D eigenvalue weighted by Gasteiger charge is 2.16. The molecule has 1 aliphatic heterocycles. The van der Waals surface area contributed by atoms with E-state index in [1.807, 2.05) is 28.3 Å². The van der Waals surface area contributed by atoms with Crippen LogP contribution in [0.2, 0.25) is 0 Å². The first kappa shape index (κ1) is 18.7. The van der Waals surface area contributed by atoms with Gasteiger partial charge in [-0.1, -0.05) is 12.1 Å². The lowest BCUT2D eigenvalue weighted by Crippen LogP contribution is -2.31. The van der Waals surface area contributed by atoms with Crippen LogP contribution >= 0.6 is 0 Å². The molecule has 1 aromatic carbocycles. The van der Waals surface area contributed by atoms with E-state index >= 15 is 0 Å². The number of anilines is 1. The van der Waals surface area contributed by atoms with Gasteiger partial charge in [0.2, 0.25) is 0 Å². The maximum absolute atomic E-state index is 5.64. The number of fused-ring (bicyclic) bond motifs is 1. The summed E-state index contributed by atoms with van der Waals surface area (Å²) in [7, 11) is 1.69. The van der Waals surface area contributed by atoms with Crippen molar-refractivity contribution >= 4 is 11.5 Å². The zero-order chi connectivity index (χ0) is 20.5. The number of benzene rings is 1. The van der Waals surface area contributed by atoms with Crippen LogP contribution in [0.3, 0.4) is 0 Å². The molecule has 7 heteroatoms. The Balaban J connectivity index is 1.44. The Labute approximate surface area is 175 Å².